The predicted octanol–water partition coefficient (Wildman–Crippen LogP) is 1.99. The first-order valence-corrected chi connectivity index (χ1v) is 5.71. The van der Waals surface area contributed by atoms with Crippen molar-refractivity contribution in [3.05, 3.63) is 0 Å². The highest BCUT2D eigenvalue weighted by atomic mass is 16.5. The summed E-state index contributed by atoms with van der Waals surface area (Å²) in [7, 11) is 1.68. The van der Waals surface area contributed by atoms with Crippen molar-refractivity contribution in [2.45, 2.75) is 52.2 Å². The minimum absolute atomic E-state index is 0.206. The molecule has 0 saturated heterocycles. The van der Waals surface area contributed by atoms with Crippen molar-refractivity contribution in [3.63, 3.8) is 0 Å². The van der Waals surface area contributed by atoms with Crippen LogP contribution in [-0.2, 0) is 9.53 Å². The van der Waals surface area contributed by atoms with Gasteiger partial charge in [0.25, 0.3) is 0 Å². The molecule has 4 heteroatoms. The summed E-state index contributed by atoms with van der Waals surface area (Å²) in [6.45, 7) is 10.9. The van der Waals surface area contributed by atoms with Crippen LogP contribution in [0.1, 0.15) is 41.0 Å². The van der Waals surface area contributed by atoms with Gasteiger partial charge in [-0.05, 0) is 40.7 Å². The molecule has 0 spiro atoms. The van der Waals surface area contributed by atoms with Crippen molar-refractivity contribution in [1.82, 2.24) is 4.90 Å². The van der Waals surface area contributed by atoms with Gasteiger partial charge in [-0.3, -0.25) is 9.69 Å². The number of aliphatic carboxylic acids is 1. The van der Waals surface area contributed by atoms with Gasteiger partial charge >= 0.3 is 5.97 Å². The fraction of sp³-hybridized carbons (Fsp3) is 0.917. The molecule has 0 heterocycles. The summed E-state index contributed by atoms with van der Waals surface area (Å²) >= 11 is 0. The van der Waals surface area contributed by atoms with E-state index >= 15 is 0 Å². The second-order valence-electron chi connectivity index (χ2n) is 5.16. The summed E-state index contributed by atoms with van der Waals surface area (Å²) in [5.74, 6) is -0.787. The van der Waals surface area contributed by atoms with Gasteiger partial charge in [-0.1, -0.05) is 6.92 Å². The molecule has 0 radical (unpaired) electrons. The number of ether oxygens (including phenoxy) is 1. The normalized spacial score (nSPS) is 13.2. The van der Waals surface area contributed by atoms with Crippen LogP contribution < -0.4 is 0 Å². The topological polar surface area (TPSA) is 49.8 Å². The molecule has 4 nitrogen and oxygen atoms in total. The highest BCUT2D eigenvalue weighted by Crippen LogP contribution is 2.19. The Morgan fingerprint density at radius 2 is 1.81 bits per heavy atom. The zero-order valence-corrected chi connectivity index (χ0v) is 11.3. The molecule has 0 fully saturated rings. The van der Waals surface area contributed by atoms with Gasteiger partial charge in [-0.25, -0.2) is 0 Å². The zero-order chi connectivity index (χ0) is 13.0. The van der Waals surface area contributed by atoms with E-state index in [1.54, 1.807) is 21.0 Å². The van der Waals surface area contributed by atoms with E-state index in [1.165, 1.54) is 0 Å². The minimum Gasteiger partial charge on any atom is -0.480 e. The maximum atomic E-state index is 11.1. The summed E-state index contributed by atoms with van der Waals surface area (Å²) in [5, 5.41) is 9.16. The zero-order valence-electron chi connectivity index (χ0n) is 11.3. The third-order valence-electron chi connectivity index (χ3n) is 3.23. The Morgan fingerprint density at radius 1 is 1.31 bits per heavy atom. The summed E-state index contributed by atoms with van der Waals surface area (Å²) in [6.07, 6.45) is 0.814. The number of methoxy groups -OCH3 is 1. The first-order valence-electron chi connectivity index (χ1n) is 5.71. The Kier molecular flexibility index (Phi) is 5.42. The Labute approximate surface area is 98.6 Å². The quantitative estimate of drug-likeness (QED) is 0.728. The molecular formula is C12H25NO3. The van der Waals surface area contributed by atoms with Gasteiger partial charge in [-0.15, -0.1) is 0 Å². The molecule has 0 bridgehead atoms. The van der Waals surface area contributed by atoms with E-state index in [4.69, 9.17) is 9.84 Å². The highest BCUT2D eigenvalue weighted by molar-refractivity contribution is 5.77. The average molecular weight is 231 g/mol. The largest absolute Gasteiger partial charge is 0.480 e. The van der Waals surface area contributed by atoms with Gasteiger partial charge < -0.3 is 9.84 Å². The number of carbonyl (C=O) groups is 1. The van der Waals surface area contributed by atoms with Crippen LogP contribution in [0.15, 0.2) is 0 Å². The predicted molar refractivity (Wildman–Crippen MR) is 64.7 cm³/mol. The van der Waals surface area contributed by atoms with Crippen LogP contribution in [0.5, 0.6) is 0 Å². The Hall–Kier alpha value is -0.610. The molecule has 0 aromatic carbocycles. The first kappa shape index (κ1) is 15.4. The number of hydrogen-bond acceptors (Lipinski definition) is 3. The van der Waals surface area contributed by atoms with E-state index in [0.717, 1.165) is 19.5 Å². The van der Waals surface area contributed by atoms with Crippen LogP contribution in [0.2, 0.25) is 0 Å². The number of rotatable bonds is 7. The SMILES string of the molecule is CCN(CCC(C)(C)OC)C(C)(C)C(=O)O. The van der Waals surface area contributed by atoms with Crippen LogP contribution in [-0.4, -0.2) is 47.3 Å². The van der Waals surface area contributed by atoms with E-state index in [2.05, 4.69) is 0 Å². The molecule has 0 aromatic heterocycles. The Morgan fingerprint density at radius 3 is 2.12 bits per heavy atom. The first-order chi connectivity index (χ1) is 7.17. The van der Waals surface area contributed by atoms with E-state index in [1.807, 2.05) is 25.7 Å². The van der Waals surface area contributed by atoms with Gasteiger partial charge in [0.05, 0.1) is 5.60 Å². The number of carboxylic acid groups (broad SMARTS) is 1. The number of likely N-dealkylation sites (N-methyl/N-ethyl adjacent to an activating group) is 1. The van der Waals surface area contributed by atoms with Crippen LogP contribution in [0.25, 0.3) is 0 Å². The molecule has 1 N–H and O–H groups in total. The van der Waals surface area contributed by atoms with Gasteiger partial charge in [0.1, 0.15) is 5.54 Å². The van der Waals surface area contributed by atoms with Crippen LogP contribution >= 0.6 is 0 Å². The standard InChI is InChI=1S/C12H25NO3/c1-7-13(12(4,5)10(14)15)9-8-11(2,3)16-6/h7-9H2,1-6H3,(H,14,15). The summed E-state index contributed by atoms with van der Waals surface area (Å²) in [4.78, 5) is 13.1. The number of carboxylic acids is 1. The lowest BCUT2D eigenvalue weighted by molar-refractivity contribution is -0.149. The smallest absolute Gasteiger partial charge is 0.323 e. The van der Waals surface area contributed by atoms with Crippen molar-refractivity contribution in [2.24, 2.45) is 0 Å². The summed E-state index contributed by atoms with van der Waals surface area (Å²) in [6, 6.07) is 0. The van der Waals surface area contributed by atoms with Crippen molar-refractivity contribution >= 4 is 5.97 Å². The fourth-order valence-electron chi connectivity index (χ4n) is 1.47. The third-order valence-corrected chi connectivity index (χ3v) is 3.23. The minimum atomic E-state index is -0.821. The van der Waals surface area contributed by atoms with E-state index in [9.17, 15) is 4.79 Å². The lowest BCUT2D eigenvalue weighted by Crippen LogP contribution is -2.51. The summed E-state index contributed by atoms with van der Waals surface area (Å²) in [5.41, 5.74) is -1.03. The second-order valence-corrected chi connectivity index (χ2v) is 5.16. The lowest BCUT2D eigenvalue weighted by atomic mass is 9.99. The second kappa shape index (κ2) is 5.64. The van der Waals surface area contributed by atoms with Gasteiger partial charge in [-0.2, -0.15) is 0 Å². The third kappa shape index (κ3) is 4.10. The molecule has 96 valence electrons. The summed E-state index contributed by atoms with van der Waals surface area (Å²) < 4.78 is 5.33. The van der Waals surface area contributed by atoms with Crippen LogP contribution in [0.4, 0.5) is 0 Å². The molecule has 0 atom stereocenters. The molecular weight excluding hydrogens is 206 g/mol. The van der Waals surface area contributed by atoms with Crippen molar-refractivity contribution in [1.29, 1.82) is 0 Å². The van der Waals surface area contributed by atoms with Gasteiger partial charge in [0.15, 0.2) is 0 Å². The molecule has 0 rings (SSSR count). The van der Waals surface area contributed by atoms with E-state index in [0.29, 0.717) is 0 Å². The van der Waals surface area contributed by atoms with Crippen LogP contribution in [0.3, 0.4) is 0 Å². The Bertz CT molecular complexity index is 236. The highest BCUT2D eigenvalue weighted by Gasteiger charge is 2.34. The molecule has 0 aliphatic rings. The molecule has 0 unspecified atom stereocenters. The fourth-order valence-corrected chi connectivity index (χ4v) is 1.47. The van der Waals surface area contributed by atoms with Gasteiger partial charge in [0, 0.05) is 13.7 Å². The Balaban J connectivity index is 4.49. The van der Waals surface area contributed by atoms with E-state index < -0.39 is 11.5 Å². The average Bonchev–Trinajstić information content (AvgIpc) is 2.18. The van der Waals surface area contributed by atoms with Crippen molar-refractivity contribution in [2.75, 3.05) is 20.2 Å². The molecule has 0 aliphatic carbocycles. The number of hydrogen-bond donors (Lipinski definition) is 1. The van der Waals surface area contributed by atoms with E-state index in [-0.39, 0.29) is 5.60 Å². The molecule has 16 heavy (non-hydrogen) atoms. The number of nitrogens with zero attached hydrogens (tertiary/aromatic N) is 1. The molecule has 0 aromatic rings. The lowest BCUT2D eigenvalue weighted by Gasteiger charge is -2.36. The van der Waals surface area contributed by atoms with Crippen LogP contribution in [0, 0.1) is 0 Å². The van der Waals surface area contributed by atoms with Crippen molar-refractivity contribution in [3.8, 4) is 0 Å². The van der Waals surface area contributed by atoms with Crippen molar-refractivity contribution < 1.29 is 14.6 Å². The molecule has 0 amide bonds. The maximum Gasteiger partial charge on any atom is 0.323 e. The van der Waals surface area contributed by atoms with Gasteiger partial charge in [0.2, 0.25) is 0 Å². The monoisotopic (exact) mass is 231 g/mol. The maximum absolute atomic E-state index is 11.1. The molecule has 0 saturated carbocycles. The molecule has 0 aliphatic heterocycles.